The van der Waals surface area contributed by atoms with E-state index in [4.69, 9.17) is 26.1 Å². The molecule has 1 saturated heterocycles. The lowest BCUT2D eigenvalue weighted by atomic mass is 9.96. The zero-order valence-corrected chi connectivity index (χ0v) is 22.4. The third kappa shape index (κ3) is 5.00. The molecule has 1 fully saturated rings. The summed E-state index contributed by atoms with van der Waals surface area (Å²) in [5.41, 5.74) is 3.62. The van der Waals surface area contributed by atoms with Crippen molar-refractivity contribution in [3.05, 3.63) is 87.1 Å². The zero-order valence-electron chi connectivity index (χ0n) is 21.7. The van der Waals surface area contributed by atoms with E-state index in [1.165, 1.54) is 12.1 Å². The number of fused-ring (bicyclic) bond motifs is 2. The van der Waals surface area contributed by atoms with Gasteiger partial charge in [0.1, 0.15) is 29.5 Å². The van der Waals surface area contributed by atoms with Gasteiger partial charge in [0.2, 0.25) is 0 Å². The molecule has 2 aliphatic rings. The number of carboxylic acid groups (broad SMARTS) is 1. The number of imidazole rings is 1. The number of amides is 1. The highest BCUT2D eigenvalue weighted by Crippen LogP contribution is 2.30. The first-order valence-electron chi connectivity index (χ1n) is 13.0. The molecule has 9 nitrogen and oxygen atoms in total. The average molecular weight is 565 g/mol. The van der Waals surface area contributed by atoms with Gasteiger partial charge in [-0.15, -0.1) is 0 Å². The van der Waals surface area contributed by atoms with Gasteiger partial charge in [0.25, 0.3) is 5.91 Å². The summed E-state index contributed by atoms with van der Waals surface area (Å²) in [6.07, 6.45) is 1.52. The predicted molar refractivity (Wildman–Crippen MR) is 144 cm³/mol. The van der Waals surface area contributed by atoms with Gasteiger partial charge in [-0.2, -0.15) is 0 Å². The van der Waals surface area contributed by atoms with Crippen molar-refractivity contribution in [2.75, 3.05) is 13.2 Å². The molecule has 0 unspecified atom stereocenters. The highest BCUT2D eigenvalue weighted by Gasteiger charge is 2.29. The SMILES string of the molecule is Cc1cc2c(cc1OCc1ccc(Cl)cc1F)C(=O)N(Cc1nc3ccc(C(=O)O)nc3n1C[C@@H]1CCO1)CC2. The number of nitrogens with zero attached hydrogens (tertiary/aromatic N) is 4. The van der Waals surface area contributed by atoms with E-state index in [-0.39, 0.29) is 30.9 Å². The van der Waals surface area contributed by atoms with Gasteiger partial charge in [-0.25, -0.2) is 19.2 Å². The van der Waals surface area contributed by atoms with Gasteiger partial charge in [-0.3, -0.25) is 4.79 Å². The van der Waals surface area contributed by atoms with E-state index >= 15 is 0 Å². The molecule has 1 N–H and O–H groups in total. The molecule has 4 heterocycles. The Hall–Kier alpha value is -4.02. The lowest BCUT2D eigenvalue weighted by Gasteiger charge is -2.30. The quantitative estimate of drug-likeness (QED) is 0.328. The van der Waals surface area contributed by atoms with Crippen LogP contribution < -0.4 is 4.74 Å². The minimum atomic E-state index is -1.12. The molecule has 206 valence electrons. The number of carbonyl (C=O) groups is 2. The number of aromatic carboxylic acids is 1. The van der Waals surface area contributed by atoms with E-state index in [0.717, 1.165) is 17.5 Å². The van der Waals surface area contributed by atoms with Crippen molar-refractivity contribution in [1.82, 2.24) is 19.4 Å². The Bertz CT molecular complexity index is 1650. The summed E-state index contributed by atoms with van der Waals surface area (Å²) < 4.78 is 27.7. The van der Waals surface area contributed by atoms with E-state index in [0.29, 0.717) is 65.0 Å². The van der Waals surface area contributed by atoms with Gasteiger partial charge in [0, 0.05) is 29.3 Å². The zero-order chi connectivity index (χ0) is 28.0. The van der Waals surface area contributed by atoms with E-state index in [9.17, 15) is 19.1 Å². The molecule has 6 rings (SSSR count). The van der Waals surface area contributed by atoms with Crippen molar-refractivity contribution in [1.29, 1.82) is 0 Å². The maximum atomic E-state index is 14.2. The Balaban J connectivity index is 1.26. The number of pyridine rings is 1. The first-order valence-corrected chi connectivity index (χ1v) is 13.3. The van der Waals surface area contributed by atoms with Crippen molar-refractivity contribution in [2.45, 2.75) is 45.6 Å². The molecule has 0 saturated carbocycles. The molecule has 0 radical (unpaired) electrons. The Morgan fingerprint density at radius 3 is 2.77 bits per heavy atom. The number of halogens is 2. The molecule has 2 aliphatic heterocycles. The number of carbonyl (C=O) groups excluding carboxylic acids is 1. The van der Waals surface area contributed by atoms with Crippen LogP contribution in [0, 0.1) is 12.7 Å². The maximum absolute atomic E-state index is 14.2. The van der Waals surface area contributed by atoms with Gasteiger partial charge >= 0.3 is 5.97 Å². The minimum Gasteiger partial charge on any atom is -0.489 e. The number of benzene rings is 2. The molecule has 4 aromatic rings. The van der Waals surface area contributed by atoms with Crippen LogP contribution in [0.4, 0.5) is 4.39 Å². The standard InChI is InChI=1S/C29H26ClFN4O5/c1-16-10-17-6-8-34(28(36)21(17)12-25(16)40-15-18-2-3-19(30)11-22(18)31)14-26-32-23-4-5-24(29(37)38)33-27(23)35(26)13-20-7-9-39-20/h2-5,10-12,20H,6-9,13-15H2,1H3,(H,37,38)/t20-/m0/s1. The second kappa shape index (κ2) is 10.5. The smallest absolute Gasteiger partial charge is 0.354 e. The highest BCUT2D eigenvalue weighted by atomic mass is 35.5. The van der Waals surface area contributed by atoms with E-state index < -0.39 is 11.8 Å². The number of hydrogen-bond acceptors (Lipinski definition) is 6. The van der Waals surface area contributed by atoms with E-state index in [1.807, 2.05) is 17.6 Å². The molecule has 0 spiro atoms. The number of hydrogen-bond donors (Lipinski definition) is 1. The predicted octanol–water partition coefficient (Wildman–Crippen LogP) is 4.80. The van der Waals surface area contributed by atoms with Crippen LogP contribution in [0.3, 0.4) is 0 Å². The number of carboxylic acids is 1. The summed E-state index contributed by atoms with van der Waals surface area (Å²) >= 11 is 5.85. The van der Waals surface area contributed by atoms with Gasteiger partial charge in [-0.05, 0) is 61.2 Å². The maximum Gasteiger partial charge on any atom is 0.354 e. The van der Waals surface area contributed by atoms with Crippen LogP contribution in [0.15, 0.2) is 42.5 Å². The van der Waals surface area contributed by atoms with Gasteiger partial charge in [-0.1, -0.05) is 23.7 Å². The van der Waals surface area contributed by atoms with Crippen LogP contribution in [0.5, 0.6) is 5.75 Å². The fourth-order valence-electron chi connectivity index (χ4n) is 5.06. The third-order valence-corrected chi connectivity index (χ3v) is 7.61. The number of ether oxygens (including phenoxy) is 2. The summed E-state index contributed by atoms with van der Waals surface area (Å²) in [5, 5.41) is 9.74. The molecule has 0 bridgehead atoms. The van der Waals surface area contributed by atoms with Crippen molar-refractivity contribution in [3.63, 3.8) is 0 Å². The lowest BCUT2D eigenvalue weighted by molar-refractivity contribution is -0.0592. The van der Waals surface area contributed by atoms with E-state index in [1.54, 1.807) is 29.2 Å². The normalized spacial score (nSPS) is 16.6. The molecule has 1 atom stereocenters. The monoisotopic (exact) mass is 564 g/mol. The second-order valence-electron chi connectivity index (χ2n) is 10.0. The van der Waals surface area contributed by atoms with Gasteiger partial charge in [0.15, 0.2) is 11.3 Å². The fourth-order valence-corrected chi connectivity index (χ4v) is 5.22. The summed E-state index contributed by atoms with van der Waals surface area (Å²) in [6.45, 7) is 3.77. The van der Waals surface area contributed by atoms with Crippen molar-refractivity contribution >= 4 is 34.6 Å². The van der Waals surface area contributed by atoms with Crippen molar-refractivity contribution in [3.8, 4) is 5.75 Å². The van der Waals surface area contributed by atoms with Crippen LogP contribution in [0.1, 0.15) is 49.8 Å². The first-order chi connectivity index (χ1) is 19.3. The Kier molecular flexibility index (Phi) is 6.89. The molecular weight excluding hydrogens is 539 g/mol. The van der Waals surface area contributed by atoms with Crippen LogP contribution in [-0.4, -0.2) is 55.7 Å². The number of aromatic nitrogens is 3. The topological polar surface area (TPSA) is 107 Å². The fraction of sp³-hybridized carbons (Fsp3) is 0.310. The van der Waals surface area contributed by atoms with Crippen molar-refractivity contribution in [2.24, 2.45) is 0 Å². The Morgan fingerprint density at radius 2 is 2.05 bits per heavy atom. The van der Waals surface area contributed by atoms with E-state index in [2.05, 4.69) is 4.98 Å². The Labute approximate surface area is 234 Å². The van der Waals surface area contributed by atoms with Gasteiger partial charge in [0.05, 0.1) is 19.2 Å². The first kappa shape index (κ1) is 26.2. The molecule has 40 heavy (non-hydrogen) atoms. The van der Waals surface area contributed by atoms with Crippen LogP contribution in [-0.2, 0) is 30.9 Å². The largest absolute Gasteiger partial charge is 0.489 e. The molecule has 2 aromatic carbocycles. The molecule has 11 heteroatoms. The van der Waals surface area contributed by atoms with Crippen molar-refractivity contribution < 1.29 is 28.6 Å². The second-order valence-corrected chi connectivity index (χ2v) is 10.5. The third-order valence-electron chi connectivity index (χ3n) is 7.37. The summed E-state index contributed by atoms with van der Waals surface area (Å²) in [7, 11) is 0. The molecule has 0 aliphatic carbocycles. The minimum absolute atomic E-state index is 0.000866. The number of rotatable bonds is 8. The van der Waals surface area contributed by atoms with Crippen LogP contribution >= 0.6 is 11.6 Å². The molecule has 2 aromatic heterocycles. The van der Waals surface area contributed by atoms with Crippen LogP contribution in [0.2, 0.25) is 5.02 Å². The summed E-state index contributed by atoms with van der Waals surface area (Å²) in [5.74, 6) is -0.625. The number of aryl methyl sites for hydroxylation is 1. The summed E-state index contributed by atoms with van der Waals surface area (Å²) in [4.78, 5) is 35.9. The Morgan fingerprint density at radius 1 is 1.23 bits per heavy atom. The van der Waals surface area contributed by atoms with Gasteiger partial charge < -0.3 is 24.0 Å². The molecule has 1 amide bonds. The average Bonchev–Trinajstić information content (AvgIpc) is 3.23. The lowest BCUT2D eigenvalue weighted by Crippen LogP contribution is -2.38. The highest BCUT2D eigenvalue weighted by molar-refractivity contribution is 6.30. The summed E-state index contributed by atoms with van der Waals surface area (Å²) in [6, 6.07) is 11.1. The molecular formula is C29H26ClFN4O5. The van der Waals surface area contributed by atoms with Crippen LogP contribution in [0.25, 0.3) is 11.2 Å².